The first-order valence-corrected chi connectivity index (χ1v) is 9.71. The quantitative estimate of drug-likeness (QED) is 0.842. The summed E-state index contributed by atoms with van der Waals surface area (Å²) < 4.78 is 5.92. The van der Waals surface area contributed by atoms with Crippen LogP contribution in [0, 0.1) is 18.3 Å². The van der Waals surface area contributed by atoms with Gasteiger partial charge in [-0.15, -0.1) is 0 Å². The van der Waals surface area contributed by atoms with E-state index in [1.165, 1.54) is 5.56 Å². The number of amides is 1. The third-order valence-corrected chi connectivity index (χ3v) is 5.93. The highest BCUT2D eigenvalue weighted by atomic mass is 16.5. The maximum absolute atomic E-state index is 12.9. The molecule has 1 aliphatic carbocycles. The highest BCUT2D eigenvalue weighted by molar-refractivity contribution is 5.81. The molecular weight excluding hydrogens is 330 g/mol. The van der Waals surface area contributed by atoms with Gasteiger partial charge >= 0.3 is 5.97 Å². The lowest BCUT2D eigenvalue weighted by Crippen LogP contribution is -2.47. The number of rotatable bonds is 5. The predicted octanol–water partition coefficient (Wildman–Crippen LogP) is 3.61. The van der Waals surface area contributed by atoms with Crippen molar-refractivity contribution < 1.29 is 19.4 Å². The van der Waals surface area contributed by atoms with Gasteiger partial charge in [-0.1, -0.05) is 49.1 Å². The first kappa shape index (κ1) is 18.9. The average molecular weight is 359 g/mol. The van der Waals surface area contributed by atoms with Crippen molar-refractivity contribution in [1.29, 1.82) is 0 Å². The Balaban J connectivity index is 1.68. The van der Waals surface area contributed by atoms with Crippen LogP contribution < -0.4 is 5.32 Å². The summed E-state index contributed by atoms with van der Waals surface area (Å²) >= 11 is 0. The Kier molecular flexibility index (Phi) is 5.97. The van der Waals surface area contributed by atoms with Crippen LogP contribution in [0.2, 0.25) is 0 Å². The maximum Gasteiger partial charge on any atom is 0.311 e. The highest BCUT2D eigenvalue weighted by Crippen LogP contribution is 2.37. The zero-order valence-corrected chi connectivity index (χ0v) is 15.5. The molecule has 2 fully saturated rings. The Bertz CT molecular complexity index is 634. The summed E-state index contributed by atoms with van der Waals surface area (Å²) in [6.45, 7) is 2.91. The molecule has 2 unspecified atom stereocenters. The number of carboxylic acid groups (broad SMARTS) is 1. The van der Waals surface area contributed by atoms with Crippen molar-refractivity contribution in [3.05, 3.63) is 35.4 Å². The Hall–Kier alpha value is -1.88. The molecular formula is C21H29NO4. The minimum absolute atomic E-state index is 0.0820. The van der Waals surface area contributed by atoms with Gasteiger partial charge in [0.1, 0.15) is 0 Å². The summed E-state index contributed by atoms with van der Waals surface area (Å²) in [4.78, 5) is 24.7. The fourth-order valence-electron chi connectivity index (χ4n) is 4.22. The first-order valence-electron chi connectivity index (χ1n) is 9.71. The molecule has 1 aromatic rings. The topological polar surface area (TPSA) is 75.6 Å². The van der Waals surface area contributed by atoms with Gasteiger partial charge in [-0.3, -0.25) is 9.59 Å². The second-order valence-corrected chi connectivity index (χ2v) is 7.81. The lowest BCUT2D eigenvalue weighted by atomic mass is 9.74. The molecule has 1 heterocycles. The summed E-state index contributed by atoms with van der Waals surface area (Å²) in [5.74, 6) is -1.13. The standard InChI is InChI=1S/C21H29NO4/c1-15-7-9-16(10-8-15)18-17(6-5-13-26-18)19(23)22-14-21(20(24)25)11-3-2-4-12-21/h7-10,17-18H,2-6,11-14H2,1H3,(H,22,23)(H,24,25). The summed E-state index contributed by atoms with van der Waals surface area (Å²) in [7, 11) is 0. The van der Waals surface area contributed by atoms with Crippen LogP contribution in [0.15, 0.2) is 24.3 Å². The van der Waals surface area contributed by atoms with Crippen LogP contribution in [0.3, 0.4) is 0 Å². The highest BCUT2D eigenvalue weighted by Gasteiger charge is 2.41. The maximum atomic E-state index is 12.9. The average Bonchev–Trinajstić information content (AvgIpc) is 2.67. The molecule has 2 atom stereocenters. The Morgan fingerprint density at radius 1 is 1.15 bits per heavy atom. The van der Waals surface area contributed by atoms with E-state index in [-0.39, 0.29) is 24.5 Å². The Morgan fingerprint density at radius 3 is 2.50 bits per heavy atom. The van der Waals surface area contributed by atoms with Gasteiger partial charge < -0.3 is 15.2 Å². The minimum atomic E-state index is -0.803. The van der Waals surface area contributed by atoms with Crippen LogP contribution >= 0.6 is 0 Å². The van der Waals surface area contributed by atoms with Crippen molar-refractivity contribution >= 4 is 11.9 Å². The number of hydrogen-bond donors (Lipinski definition) is 2. The number of aryl methyl sites for hydroxylation is 1. The van der Waals surface area contributed by atoms with E-state index < -0.39 is 11.4 Å². The molecule has 0 radical (unpaired) electrons. The molecule has 3 rings (SSSR count). The molecule has 0 aromatic heterocycles. The summed E-state index contributed by atoms with van der Waals surface area (Å²) in [5.41, 5.74) is 1.38. The molecule has 1 saturated heterocycles. The van der Waals surface area contributed by atoms with E-state index in [1.807, 2.05) is 31.2 Å². The van der Waals surface area contributed by atoms with Crippen LogP contribution in [0.5, 0.6) is 0 Å². The van der Waals surface area contributed by atoms with Crippen LogP contribution in [0.4, 0.5) is 0 Å². The van der Waals surface area contributed by atoms with Crippen molar-refractivity contribution in [3.8, 4) is 0 Å². The van der Waals surface area contributed by atoms with Gasteiger partial charge in [-0.25, -0.2) is 0 Å². The number of carboxylic acids is 1. The van der Waals surface area contributed by atoms with Crippen LogP contribution in [-0.2, 0) is 14.3 Å². The molecule has 0 spiro atoms. The number of carbonyl (C=O) groups is 2. The largest absolute Gasteiger partial charge is 0.481 e. The van der Waals surface area contributed by atoms with E-state index in [4.69, 9.17) is 4.74 Å². The zero-order chi connectivity index (χ0) is 18.6. The summed E-state index contributed by atoms with van der Waals surface area (Å²) in [6, 6.07) is 8.10. The molecule has 1 amide bonds. The molecule has 0 bridgehead atoms. The second kappa shape index (κ2) is 8.21. The SMILES string of the molecule is Cc1ccc(C2OCCCC2C(=O)NCC2(C(=O)O)CCCCC2)cc1. The molecule has 2 aliphatic rings. The summed E-state index contributed by atoms with van der Waals surface area (Å²) in [6.07, 6.45) is 5.57. The molecule has 2 N–H and O–H groups in total. The number of nitrogens with one attached hydrogen (secondary N) is 1. The Labute approximate surface area is 155 Å². The fourth-order valence-corrected chi connectivity index (χ4v) is 4.22. The molecule has 5 nitrogen and oxygen atoms in total. The third kappa shape index (κ3) is 4.09. The van der Waals surface area contributed by atoms with Crippen LogP contribution in [-0.4, -0.2) is 30.1 Å². The van der Waals surface area contributed by atoms with Crippen molar-refractivity contribution in [2.24, 2.45) is 11.3 Å². The second-order valence-electron chi connectivity index (χ2n) is 7.81. The first-order chi connectivity index (χ1) is 12.5. The molecule has 142 valence electrons. The Morgan fingerprint density at radius 2 is 1.85 bits per heavy atom. The van der Waals surface area contributed by atoms with Gasteiger partial charge in [-0.05, 0) is 38.2 Å². The van der Waals surface area contributed by atoms with Crippen molar-refractivity contribution in [1.82, 2.24) is 5.32 Å². The van der Waals surface area contributed by atoms with Gasteiger partial charge in [0.2, 0.25) is 5.91 Å². The van der Waals surface area contributed by atoms with E-state index >= 15 is 0 Å². The fraction of sp³-hybridized carbons (Fsp3) is 0.619. The monoisotopic (exact) mass is 359 g/mol. The lowest BCUT2D eigenvalue weighted by molar-refractivity contribution is -0.151. The van der Waals surface area contributed by atoms with Gasteiger partial charge in [0.25, 0.3) is 0 Å². The van der Waals surface area contributed by atoms with E-state index in [2.05, 4.69) is 5.32 Å². The van der Waals surface area contributed by atoms with Crippen LogP contribution in [0.1, 0.15) is 62.2 Å². The van der Waals surface area contributed by atoms with Crippen LogP contribution in [0.25, 0.3) is 0 Å². The van der Waals surface area contributed by atoms with Gasteiger partial charge in [0, 0.05) is 13.2 Å². The lowest BCUT2D eigenvalue weighted by Gasteiger charge is -2.35. The molecule has 26 heavy (non-hydrogen) atoms. The number of benzene rings is 1. The number of aliphatic carboxylic acids is 1. The van der Waals surface area contributed by atoms with Crippen molar-refractivity contribution in [2.45, 2.75) is 58.0 Å². The van der Waals surface area contributed by atoms with E-state index in [0.29, 0.717) is 19.4 Å². The third-order valence-electron chi connectivity index (χ3n) is 5.93. The summed E-state index contributed by atoms with van der Waals surface area (Å²) in [5, 5.41) is 12.6. The minimum Gasteiger partial charge on any atom is -0.481 e. The normalized spacial score (nSPS) is 25.4. The molecule has 1 aromatic carbocycles. The van der Waals surface area contributed by atoms with Gasteiger partial charge in [0.05, 0.1) is 17.4 Å². The number of ether oxygens (including phenoxy) is 1. The molecule has 1 aliphatic heterocycles. The number of carbonyl (C=O) groups excluding carboxylic acids is 1. The van der Waals surface area contributed by atoms with Gasteiger partial charge in [-0.2, -0.15) is 0 Å². The van der Waals surface area contributed by atoms with E-state index in [9.17, 15) is 14.7 Å². The zero-order valence-electron chi connectivity index (χ0n) is 15.5. The molecule has 1 saturated carbocycles. The van der Waals surface area contributed by atoms with E-state index in [1.54, 1.807) is 0 Å². The van der Waals surface area contributed by atoms with Crippen molar-refractivity contribution in [3.63, 3.8) is 0 Å². The molecule has 5 heteroatoms. The van der Waals surface area contributed by atoms with E-state index in [0.717, 1.165) is 37.7 Å². The number of hydrogen-bond acceptors (Lipinski definition) is 3. The van der Waals surface area contributed by atoms with Crippen molar-refractivity contribution in [2.75, 3.05) is 13.2 Å². The van der Waals surface area contributed by atoms with Gasteiger partial charge in [0.15, 0.2) is 0 Å². The predicted molar refractivity (Wildman–Crippen MR) is 98.8 cm³/mol. The smallest absolute Gasteiger partial charge is 0.311 e.